The van der Waals surface area contributed by atoms with Crippen LogP contribution in [0.4, 0.5) is 5.69 Å². The summed E-state index contributed by atoms with van der Waals surface area (Å²) in [6.07, 6.45) is 2.09. The number of carbonyl (C=O) groups excluding carboxylic acids is 1. The van der Waals surface area contributed by atoms with Gasteiger partial charge in [0.25, 0.3) is 0 Å². The first-order chi connectivity index (χ1) is 12.0. The molecule has 1 aromatic carbocycles. The smallest absolute Gasteiger partial charge is 0.339 e. The molecule has 1 fully saturated rings. The Morgan fingerprint density at radius 2 is 2.28 bits per heavy atom. The summed E-state index contributed by atoms with van der Waals surface area (Å²) in [7, 11) is 1.36. The highest BCUT2D eigenvalue weighted by Crippen LogP contribution is 2.31. The average Bonchev–Trinajstić information content (AvgIpc) is 2.61. The van der Waals surface area contributed by atoms with Crippen molar-refractivity contribution in [1.29, 1.82) is 5.26 Å². The summed E-state index contributed by atoms with van der Waals surface area (Å²) in [6, 6.07) is 4.79. The van der Waals surface area contributed by atoms with E-state index in [-0.39, 0.29) is 28.2 Å². The van der Waals surface area contributed by atoms with Gasteiger partial charge in [-0.2, -0.15) is 5.26 Å². The van der Waals surface area contributed by atoms with Crippen molar-refractivity contribution in [2.24, 2.45) is 5.92 Å². The molecule has 1 unspecified atom stereocenters. The number of carboxylic acid groups (broad SMARTS) is 1. The molecule has 1 aliphatic rings. The lowest BCUT2D eigenvalue weighted by Gasteiger charge is -2.31. The number of methoxy groups -OCH3 is 1. The molecule has 2 N–H and O–H groups in total. The number of hydrogen-bond donors (Lipinski definition) is 2. The van der Waals surface area contributed by atoms with Crippen LogP contribution in [0.2, 0.25) is 5.02 Å². The van der Waals surface area contributed by atoms with Crippen LogP contribution in [0.3, 0.4) is 0 Å². The minimum atomic E-state index is -1.16. The number of halogens is 1. The van der Waals surface area contributed by atoms with E-state index in [1.54, 1.807) is 0 Å². The van der Waals surface area contributed by atoms with Crippen molar-refractivity contribution in [3.05, 3.63) is 22.7 Å². The quantitative estimate of drug-likeness (QED) is 0.803. The molecule has 0 aliphatic carbocycles. The van der Waals surface area contributed by atoms with E-state index in [1.807, 2.05) is 0 Å². The van der Waals surface area contributed by atoms with Crippen molar-refractivity contribution >= 4 is 29.2 Å². The maximum atomic E-state index is 12.5. The van der Waals surface area contributed by atoms with Crippen molar-refractivity contribution in [3.63, 3.8) is 0 Å². The summed E-state index contributed by atoms with van der Waals surface area (Å²) in [5.74, 6) is -1.40. The Morgan fingerprint density at radius 3 is 2.92 bits per heavy atom. The third-order valence-electron chi connectivity index (χ3n) is 4.19. The molecule has 0 bridgehead atoms. The number of carboxylic acids is 1. The lowest BCUT2D eigenvalue weighted by Crippen LogP contribution is -2.41. The second-order valence-corrected chi connectivity index (χ2v) is 6.28. The molecule has 25 heavy (non-hydrogen) atoms. The molecule has 1 atom stereocenters. The van der Waals surface area contributed by atoms with Gasteiger partial charge in [0.1, 0.15) is 11.3 Å². The molecule has 1 amide bonds. The monoisotopic (exact) mass is 365 g/mol. The van der Waals surface area contributed by atoms with Crippen molar-refractivity contribution in [3.8, 4) is 11.8 Å². The van der Waals surface area contributed by atoms with Crippen molar-refractivity contribution < 1.29 is 19.4 Å². The van der Waals surface area contributed by atoms with Crippen LogP contribution in [0.25, 0.3) is 0 Å². The Hall–Kier alpha value is -2.30. The van der Waals surface area contributed by atoms with Crippen LogP contribution in [0.5, 0.6) is 5.75 Å². The zero-order valence-electron chi connectivity index (χ0n) is 13.9. The molecule has 134 valence electrons. The van der Waals surface area contributed by atoms with Crippen LogP contribution in [0.15, 0.2) is 12.1 Å². The second kappa shape index (κ2) is 8.70. The predicted octanol–water partition coefficient (Wildman–Crippen LogP) is 2.61. The molecule has 1 aromatic rings. The first-order valence-electron chi connectivity index (χ1n) is 7.97. The maximum absolute atomic E-state index is 12.5. The fourth-order valence-electron chi connectivity index (χ4n) is 2.90. The number of rotatable bonds is 6. The van der Waals surface area contributed by atoms with Gasteiger partial charge in [0.05, 0.1) is 29.8 Å². The van der Waals surface area contributed by atoms with E-state index in [0.717, 1.165) is 19.4 Å². The molecule has 0 saturated carbocycles. The molecule has 1 saturated heterocycles. The second-order valence-electron chi connectivity index (χ2n) is 5.87. The highest BCUT2D eigenvalue weighted by atomic mass is 35.5. The lowest BCUT2D eigenvalue weighted by molar-refractivity contribution is -0.121. The van der Waals surface area contributed by atoms with Crippen LogP contribution >= 0.6 is 11.6 Å². The molecule has 2 rings (SSSR count). The van der Waals surface area contributed by atoms with Gasteiger partial charge in [0, 0.05) is 25.6 Å². The van der Waals surface area contributed by atoms with E-state index in [4.69, 9.17) is 26.7 Å². The number of nitriles is 1. The van der Waals surface area contributed by atoms with Crippen LogP contribution in [0.1, 0.15) is 29.6 Å². The van der Waals surface area contributed by atoms with E-state index in [9.17, 15) is 9.59 Å². The number of nitrogens with zero attached hydrogens (tertiary/aromatic N) is 2. The number of ether oxygens (including phenoxy) is 1. The van der Waals surface area contributed by atoms with Gasteiger partial charge in [0.2, 0.25) is 5.91 Å². The normalized spacial score (nSPS) is 17.6. The first-order valence-corrected chi connectivity index (χ1v) is 8.35. The van der Waals surface area contributed by atoms with Gasteiger partial charge in [0.15, 0.2) is 0 Å². The van der Waals surface area contributed by atoms with Crippen molar-refractivity contribution in [1.82, 2.24) is 4.90 Å². The van der Waals surface area contributed by atoms with Gasteiger partial charge >= 0.3 is 5.97 Å². The zero-order valence-corrected chi connectivity index (χ0v) is 14.7. The molecule has 1 heterocycles. The summed E-state index contributed by atoms with van der Waals surface area (Å²) in [5, 5.41) is 20.7. The molecule has 7 nitrogen and oxygen atoms in total. The molecule has 8 heteroatoms. The van der Waals surface area contributed by atoms with E-state index in [2.05, 4.69) is 16.3 Å². The van der Waals surface area contributed by atoms with Gasteiger partial charge < -0.3 is 20.1 Å². The molecule has 1 aliphatic heterocycles. The van der Waals surface area contributed by atoms with Gasteiger partial charge in [-0.3, -0.25) is 4.79 Å². The number of likely N-dealkylation sites (tertiary alicyclic amines) is 1. The summed E-state index contributed by atoms with van der Waals surface area (Å²) < 4.78 is 5.06. The molecule has 0 radical (unpaired) electrons. The molecular formula is C17H20ClN3O4. The number of benzene rings is 1. The lowest BCUT2D eigenvalue weighted by atomic mass is 9.97. The topological polar surface area (TPSA) is 103 Å². The molecular weight excluding hydrogens is 346 g/mol. The predicted molar refractivity (Wildman–Crippen MR) is 93.0 cm³/mol. The molecule has 0 aromatic heterocycles. The Kier molecular flexibility index (Phi) is 6.62. The van der Waals surface area contributed by atoms with E-state index in [1.165, 1.54) is 19.2 Å². The third-order valence-corrected chi connectivity index (χ3v) is 4.51. The number of anilines is 1. The molecule has 0 spiro atoms. The third kappa shape index (κ3) is 4.84. The maximum Gasteiger partial charge on any atom is 0.339 e. The minimum absolute atomic E-state index is 0.0640. The standard InChI is InChI=1S/C17H20ClN3O4/c1-25-15-9-14(13(18)8-12(15)17(23)24)20-16(22)11-4-2-6-21(10-11)7-3-5-19/h8-9,11H,2-4,6-7,10H2,1H3,(H,20,22)(H,23,24). The summed E-state index contributed by atoms with van der Waals surface area (Å²) in [6.45, 7) is 2.13. The van der Waals surface area contributed by atoms with Crippen molar-refractivity contribution in [2.45, 2.75) is 19.3 Å². The van der Waals surface area contributed by atoms with E-state index < -0.39 is 5.97 Å². The van der Waals surface area contributed by atoms with Crippen LogP contribution in [-0.2, 0) is 4.79 Å². The van der Waals surface area contributed by atoms with Gasteiger partial charge in [-0.15, -0.1) is 0 Å². The minimum Gasteiger partial charge on any atom is -0.496 e. The van der Waals surface area contributed by atoms with Crippen LogP contribution < -0.4 is 10.1 Å². The fourth-order valence-corrected chi connectivity index (χ4v) is 3.11. The SMILES string of the molecule is COc1cc(NC(=O)C2CCCN(CCC#N)C2)c(Cl)cc1C(=O)O. The number of piperidine rings is 1. The number of carbonyl (C=O) groups is 2. The number of hydrogen-bond acceptors (Lipinski definition) is 5. The first kappa shape index (κ1) is 19.0. The van der Waals surface area contributed by atoms with E-state index in [0.29, 0.717) is 25.2 Å². The van der Waals surface area contributed by atoms with Gasteiger partial charge in [-0.1, -0.05) is 11.6 Å². The summed E-state index contributed by atoms with van der Waals surface area (Å²) in [4.78, 5) is 25.8. The highest BCUT2D eigenvalue weighted by Gasteiger charge is 2.26. The van der Waals surface area contributed by atoms with E-state index >= 15 is 0 Å². The summed E-state index contributed by atoms with van der Waals surface area (Å²) >= 11 is 6.10. The number of nitrogens with one attached hydrogen (secondary N) is 1. The Labute approximate surface area is 151 Å². The average molecular weight is 366 g/mol. The fraction of sp³-hybridized carbons (Fsp3) is 0.471. The van der Waals surface area contributed by atoms with Crippen LogP contribution in [-0.4, -0.2) is 48.6 Å². The van der Waals surface area contributed by atoms with Gasteiger partial charge in [-0.25, -0.2) is 4.79 Å². The zero-order chi connectivity index (χ0) is 18.4. The Bertz CT molecular complexity index is 702. The largest absolute Gasteiger partial charge is 0.496 e. The Morgan fingerprint density at radius 1 is 1.52 bits per heavy atom. The number of amides is 1. The Balaban J connectivity index is 2.09. The van der Waals surface area contributed by atoms with Crippen LogP contribution in [0, 0.1) is 17.2 Å². The summed E-state index contributed by atoms with van der Waals surface area (Å²) in [5.41, 5.74) is 0.258. The van der Waals surface area contributed by atoms with Crippen molar-refractivity contribution in [2.75, 3.05) is 32.1 Å². The number of aromatic carboxylic acids is 1. The highest BCUT2D eigenvalue weighted by molar-refractivity contribution is 6.34. The van der Waals surface area contributed by atoms with Gasteiger partial charge in [-0.05, 0) is 25.5 Å².